The van der Waals surface area contributed by atoms with Crippen LogP contribution in [0.3, 0.4) is 0 Å². The van der Waals surface area contributed by atoms with Gasteiger partial charge in [0.25, 0.3) is 5.91 Å². The zero-order valence-corrected chi connectivity index (χ0v) is 17.9. The number of carbonyl (C=O) groups is 3. The highest BCUT2D eigenvalue weighted by Crippen LogP contribution is 2.36. The van der Waals surface area contributed by atoms with Gasteiger partial charge in [0.2, 0.25) is 11.8 Å². The minimum absolute atomic E-state index is 0.0567. The number of para-hydroxylation sites is 2. The summed E-state index contributed by atoms with van der Waals surface area (Å²) < 4.78 is 27.9. The van der Waals surface area contributed by atoms with E-state index >= 15 is 0 Å². The van der Waals surface area contributed by atoms with Crippen molar-refractivity contribution in [1.82, 2.24) is 9.80 Å². The van der Waals surface area contributed by atoms with Crippen LogP contribution in [0.15, 0.2) is 42.5 Å². The van der Waals surface area contributed by atoms with Crippen molar-refractivity contribution in [3.8, 4) is 0 Å². The molecule has 0 atom stereocenters. The maximum atomic E-state index is 14.0. The fraction of sp³-hybridized carbons (Fsp3) is 0.348. The van der Waals surface area contributed by atoms with Crippen LogP contribution in [-0.2, 0) is 9.59 Å². The zero-order chi connectivity index (χ0) is 23.0. The zero-order valence-electron chi connectivity index (χ0n) is 17.9. The van der Waals surface area contributed by atoms with Crippen LogP contribution < -0.4 is 10.2 Å². The molecular formula is C23H24F2N4O3. The lowest BCUT2D eigenvalue weighted by atomic mass is 9.96. The molecule has 7 nitrogen and oxygen atoms in total. The molecule has 168 valence electrons. The Hall–Kier alpha value is -3.33. The predicted octanol–water partition coefficient (Wildman–Crippen LogP) is 2.49. The molecule has 1 N–H and O–H groups in total. The standard InChI is InChI=1S/C23H24F2N4O3/c1-23(2)22(32)26-17-8-3-4-9-18(17)29(23)19(30)14-27-10-12-28(13-11-27)21(31)20-15(24)6-5-7-16(20)25/h3-9H,10-14H2,1-2H3,(H,26,32). The minimum Gasteiger partial charge on any atom is -0.336 e. The van der Waals surface area contributed by atoms with Crippen molar-refractivity contribution < 1.29 is 23.2 Å². The van der Waals surface area contributed by atoms with E-state index in [-0.39, 0.29) is 31.4 Å². The van der Waals surface area contributed by atoms with E-state index in [2.05, 4.69) is 5.32 Å². The number of rotatable bonds is 3. The molecule has 1 saturated heterocycles. The average molecular weight is 442 g/mol. The van der Waals surface area contributed by atoms with E-state index in [0.717, 1.165) is 12.1 Å². The summed E-state index contributed by atoms with van der Waals surface area (Å²) in [5.74, 6) is -2.99. The van der Waals surface area contributed by atoms with Crippen LogP contribution in [-0.4, -0.2) is 65.8 Å². The summed E-state index contributed by atoms with van der Waals surface area (Å²) in [4.78, 5) is 43.2. The Morgan fingerprint density at radius 1 is 0.969 bits per heavy atom. The van der Waals surface area contributed by atoms with Crippen LogP contribution in [0.1, 0.15) is 24.2 Å². The molecule has 0 unspecified atom stereocenters. The van der Waals surface area contributed by atoms with E-state index in [9.17, 15) is 23.2 Å². The largest absolute Gasteiger partial charge is 0.336 e. The van der Waals surface area contributed by atoms with Gasteiger partial charge < -0.3 is 10.2 Å². The van der Waals surface area contributed by atoms with Crippen molar-refractivity contribution >= 4 is 29.1 Å². The van der Waals surface area contributed by atoms with E-state index in [1.54, 1.807) is 38.1 Å². The van der Waals surface area contributed by atoms with Gasteiger partial charge in [-0.25, -0.2) is 8.78 Å². The fourth-order valence-electron chi connectivity index (χ4n) is 4.13. The Bertz CT molecular complexity index is 1060. The molecule has 2 aliphatic rings. The number of carbonyl (C=O) groups excluding carboxylic acids is 3. The monoisotopic (exact) mass is 442 g/mol. The normalized spacial score (nSPS) is 18.2. The third-order valence-corrected chi connectivity index (χ3v) is 5.95. The first-order chi connectivity index (χ1) is 15.2. The fourth-order valence-corrected chi connectivity index (χ4v) is 4.13. The van der Waals surface area contributed by atoms with E-state index < -0.39 is 28.6 Å². The molecule has 0 spiro atoms. The molecule has 0 bridgehead atoms. The molecule has 4 rings (SSSR count). The number of nitrogens with one attached hydrogen (secondary N) is 1. The molecule has 2 aromatic carbocycles. The molecule has 2 heterocycles. The number of benzene rings is 2. The van der Waals surface area contributed by atoms with Crippen LogP contribution in [0.5, 0.6) is 0 Å². The molecule has 3 amide bonds. The summed E-state index contributed by atoms with van der Waals surface area (Å²) in [7, 11) is 0. The highest BCUT2D eigenvalue weighted by molar-refractivity contribution is 6.14. The smallest absolute Gasteiger partial charge is 0.259 e. The van der Waals surface area contributed by atoms with Crippen LogP contribution in [0.4, 0.5) is 20.2 Å². The maximum absolute atomic E-state index is 14.0. The highest BCUT2D eigenvalue weighted by Gasteiger charge is 2.43. The Morgan fingerprint density at radius 2 is 1.59 bits per heavy atom. The van der Waals surface area contributed by atoms with Gasteiger partial charge >= 0.3 is 0 Å². The van der Waals surface area contributed by atoms with Crippen molar-refractivity contribution in [1.29, 1.82) is 0 Å². The number of halogens is 2. The lowest BCUT2D eigenvalue weighted by Gasteiger charge is -2.43. The quantitative estimate of drug-likeness (QED) is 0.793. The van der Waals surface area contributed by atoms with Crippen LogP contribution in [0.25, 0.3) is 0 Å². The van der Waals surface area contributed by atoms with Gasteiger partial charge in [-0.05, 0) is 38.1 Å². The molecule has 0 aromatic heterocycles. The first-order valence-electron chi connectivity index (χ1n) is 10.4. The van der Waals surface area contributed by atoms with Crippen LogP contribution in [0, 0.1) is 11.6 Å². The number of nitrogens with zero attached hydrogens (tertiary/aromatic N) is 3. The van der Waals surface area contributed by atoms with E-state index in [4.69, 9.17) is 0 Å². The molecule has 9 heteroatoms. The van der Waals surface area contributed by atoms with Gasteiger partial charge in [0.15, 0.2) is 0 Å². The summed E-state index contributed by atoms with van der Waals surface area (Å²) in [6.07, 6.45) is 0. The van der Waals surface area contributed by atoms with Crippen LogP contribution in [0.2, 0.25) is 0 Å². The topological polar surface area (TPSA) is 73.0 Å². The third kappa shape index (κ3) is 3.84. The van der Waals surface area contributed by atoms with Crippen molar-refractivity contribution in [2.75, 3.05) is 42.9 Å². The average Bonchev–Trinajstić information content (AvgIpc) is 2.74. The van der Waals surface area contributed by atoms with Gasteiger partial charge in [-0.1, -0.05) is 18.2 Å². The summed E-state index contributed by atoms with van der Waals surface area (Å²) in [5, 5.41) is 2.83. The number of hydrogen-bond acceptors (Lipinski definition) is 4. The number of amides is 3. The number of hydrogen-bond donors (Lipinski definition) is 1. The molecular weight excluding hydrogens is 418 g/mol. The molecule has 2 aromatic rings. The van der Waals surface area contributed by atoms with Gasteiger partial charge in [-0.2, -0.15) is 0 Å². The lowest BCUT2D eigenvalue weighted by Crippen LogP contribution is -2.61. The first kappa shape index (κ1) is 21.9. The van der Waals surface area contributed by atoms with Gasteiger partial charge in [-0.3, -0.25) is 24.2 Å². The Balaban J connectivity index is 1.44. The number of fused-ring (bicyclic) bond motifs is 1. The third-order valence-electron chi connectivity index (χ3n) is 5.95. The van der Waals surface area contributed by atoms with Crippen molar-refractivity contribution in [2.24, 2.45) is 0 Å². The molecule has 0 saturated carbocycles. The lowest BCUT2D eigenvalue weighted by molar-refractivity contribution is -0.127. The van der Waals surface area contributed by atoms with Crippen molar-refractivity contribution in [3.05, 3.63) is 59.7 Å². The minimum atomic E-state index is -1.06. The Kier molecular flexibility index (Phi) is 5.68. The maximum Gasteiger partial charge on any atom is 0.259 e. The molecule has 0 aliphatic carbocycles. The summed E-state index contributed by atoms with van der Waals surface area (Å²) in [6, 6.07) is 10.4. The SMILES string of the molecule is CC1(C)C(=O)Nc2ccccc2N1C(=O)CN1CCN(C(=O)c2c(F)cccc2F)CC1. The van der Waals surface area contributed by atoms with Gasteiger partial charge in [0, 0.05) is 26.2 Å². The van der Waals surface area contributed by atoms with Gasteiger partial charge in [-0.15, -0.1) is 0 Å². The van der Waals surface area contributed by atoms with Crippen LogP contribution >= 0.6 is 0 Å². The second-order valence-electron chi connectivity index (χ2n) is 8.42. The van der Waals surface area contributed by atoms with E-state index in [0.29, 0.717) is 24.5 Å². The predicted molar refractivity (Wildman–Crippen MR) is 115 cm³/mol. The molecule has 32 heavy (non-hydrogen) atoms. The second-order valence-corrected chi connectivity index (χ2v) is 8.42. The van der Waals surface area contributed by atoms with Gasteiger partial charge in [0.05, 0.1) is 17.9 Å². The highest BCUT2D eigenvalue weighted by atomic mass is 19.1. The summed E-state index contributed by atoms with van der Waals surface area (Å²) >= 11 is 0. The summed E-state index contributed by atoms with van der Waals surface area (Å²) in [5.41, 5.74) is -0.417. The Labute approximate surface area is 184 Å². The molecule has 2 aliphatic heterocycles. The van der Waals surface area contributed by atoms with E-state index in [1.165, 1.54) is 15.9 Å². The van der Waals surface area contributed by atoms with Crippen molar-refractivity contribution in [3.63, 3.8) is 0 Å². The summed E-state index contributed by atoms with van der Waals surface area (Å²) in [6.45, 7) is 4.65. The molecule has 0 radical (unpaired) electrons. The Morgan fingerprint density at radius 3 is 2.25 bits per heavy atom. The van der Waals surface area contributed by atoms with E-state index in [1.807, 2.05) is 4.90 Å². The van der Waals surface area contributed by atoms with Crippen molar-refractivity contribution in [2.45, 2.75) is 19.4 Å². The first-order valence-corrected chi connectivity index (χ1v) is 10.4. The van der Waals surface area contributed by atoms with Gasteiger partial charge in [0.1, 0.15) is 22.7 Å². The molecule has 1 fully saturated rings. The number of piperazine rings is 1. The number of anilines is 2. The second kappa shape index (κ2) is 8.31.